The lowest BCUT2D eigenvalue weighted by atomic mass is 10.1. The predicted molar refractivity (Wildman–Crippen MR) is 92.3 cm³/mol. The van der Waals surface area contributed by atoms with E-state index in [4.69, 9.17) is 9.47 Å². The summed E-state index contributed by atoms with van der Waals surface area (Å²) in [5.74, 6) is 0.314. The number of hydrogen-bond donors (Lipinski definition) is 1. The van der Waals surface area contributed by atoms with Crippen molar-refractivity contribution in [3.05, 3.63) is 53.6 Å². The highest BCUT2D eigenvalue weighted by molar-refractivity contribution is 7.90. The van der Waals surface area contributed by atoms with Crippen LogP contribution >= 0.6 is 0 Å². The number of aryl methyl sites for hydroxylation is 2. The highest BCUT2D eigenvalue weighted by Crippen LogP contribution is 2.32. The minimum absolute atomic E-state index is 0.0272. The van der Waals surface area contributed by atoms with E-state index in [-0.39, 0.29) is 11.3 Å². The van der Waals surface area contributed by atoms with Gasteiger partial charge in [0.25, 0.3) is 10.0 Å². The van der Waals surface area contributed by atoms with Gasteiger partial charge in [0.1, 0.15) is 13.2 Å². The van der Waals surface area contributed by atoms with Crippen LogP contribution in [0.15, 0.2) is 47.4 Å². The number of nitrogens with one attached hydrogen (secondary N) is 1. The lowest BCUT2D eigenvalue weighted by molar-refractivity contribution is -0.119. The van der Waals surface area contributed by atoms with E-state index in [1.165, 1.54) is 18.2 Å². The Morgan fingerprint density at radius 1 is 1.08 bits per heavy atom. The van der Waals surface area contributed by atoms with E-state index in [0.717, 1.165) is 11.1 Å². The first-order valence-electron chi connectivity index (χ1n) is 7.95. The molecule has 3 rings (SSSR count). The molecule has 0 spiro atoms. The Hall–Kier alpha value is -2.54. The molecule has 7 heteroatoms. The Kier molecular flexibility index (Phi) is 4.94. The first-order valence-corrected chi connectivity index (χ1v) is 9.43. The molecule has 1 aliphatic heterocycles. The molecule has 132 valence electrons. The molecular formula is C18H19NO5S. The first kappa shape index (κ1) is 17.3. The number of hydrogen-bond acceptors (Lipinski definition) is 5. The Labute approximate surface area is 146 Å². The zero-order valence-corrected chi connectivity index (χ0v) is 14.6. The summed E-state index contributed by atoms with van der Waals surface area (Å²) in [6.45, 7) is 2.75. The van der Waals surface area contributed by atoms with Crippen LogP contribution in [0.1, 0.15) is 17.5 Å². The fourth-order valence-electron chi connectivity index (χ4n) is 2.58. The second-order valence-electron chi connectivity index (χ2n) is 5.82. The van der Waals surface area contributed by atoms with Crippen LogP contribution in [0.5, 0.6) is 11.5 Å². The van der Waals surface area contributed by atoms with E-state index < -0.39 is 15.9 Å². The molecule has 2 aromatic rings. The van der Waals surface area contributed by atoms with Crippen molar-refractivity contribution in [1.29, 1.82) is 0 Å². The third kappa shape index (κ3) is 4.30. The molecule has 6 nitrogen and oxygen atoms in total. The minimum atomic E-state index is -3.94. The Balaban J connectivity index is 1.65. The largest absolute Gasteiger partial charge is 0.486 e. The SMILES string of the molecule is Cc1cccc(CCC(=O)NS(=O)(=O)c2ccc3c(c2)OCCO3)c1. The number of sulfonamides is 1. The number of rotatable bonds is 5. The van der Waals surface area contributed by atoms with Crippen molar-refractivity contribution in [2.75, 3.05) is 13.2 Å². The third-order valence-corrected chi connectivity index (χ3v) is 5.17. The van der Waals surface area contributed by atoms with Crippen molar-refractivity contribution >= 4 is 15.9 Å². The summed E-state index contributed by atoms with van der Waals surface area (Å²) in [6, 6.07) is 12.1. The monoisotopic (exact) mass is 361 g/mol. The zero-order chi connectivity index (χ0) is 17.9. The molecule has 0 aromatic heterocycles. The van der Waals surface area contributed by atoms with E-state index >= 15 is 0 Å². The highest BCUT2D eigenvalue weighted by atomic mass is 32.2. The van der Waals surface area contributed by atoms with Gasteiger partial charge in [0, 0.05) is 12.5 Å². The van der Waals surface area contributed by atoms with Crippen LogP contribution in [-0.2, 0) is 21.2 Å². The predicted octanol–water partition coefficient (Wildman–Crippen LogP) is 2.20. The van der Waals surface area contributed by atoms with Crippen LogP contribution in [0, 0.1) is 6.92 Å². The van der Waals surface area contributed by atoms with Crippen LogP contribution in [0.3, 0.4) is 0 Å². The fraction of sp³-hybridized carbons (Fsp3) is 0.278. The Bertz CT molecular complexity index is 892. The van der Waals surface area contributed by atoms with Crippen LogP contribution in [0.4, 0.5) is 0 Å². The molecule has 0 radical (unpaired) electrons. The number of carbonyl (C=O) groups is 1. The van der Waals surface area contributed by atoms with Gasteiger partial charge in [-0.1, -0.05) is 29.8 Å². The second-order valence-corrected chi connectivity index (χ2v) is 7.51. The zero-order valence-electron chi connectivity index (χ0n) is 13.8. The van der Waals surface area contributed by atoms with E-state index in [1.807, 2.05) is 31.2 Å². The van der Waals surface area contributed by atoms with Gasteiger partial charge in [0.15, 0.2) is 11.5 Å². The molecule has 1 N–H and O–H groups in total. The van der Waals surface area contributed by atoms with Crippen molar-refractivity contribution in [2.24, 2.45) is 0 Å². The Morgan fingerprint density at radius 2 is 1.84 bits per heavy atom. The van der Waals surface area contributed by atoms with Crippen LogP contribution < -0.4 is 14.2 Å². The van der Waals surface area contributed by atoms with Crippen LogP contribution in [0.25, 0.3) is 0 Å². The first-order chi connectivity index (χ1) is 11.9. The standard InChI is InChI=1S/C18H19NO5S/c1-13-3-2-4-14(11-13)5-8-18(20)19-25(21,22)15-6-7-16-17(12-15)24-10-9-23-16/h2-4,6-7,11-12H,5,8-10H2,1H3,(H,19,20). The molecule has 1 heterocycles. The maximum atomic E-state index is 12.4. The maximum Gasteiger partial charge on any atom is 0.264 e. The minimum Gasteiger partial charge on any atom is -0.486 e. The van der Waals surface area contributed by atoms with Crippen LogP contribution in [0.2, 0.25) is 0 Å². The summed E-state index contributed by atoms with van der Waals surface area (Å²) in [5, 5.41) is 0. The highest BCUT2D eigenvalue weighted by Gasteiger charge is 2.21. The molecule has 0 fully saturated rings. The van der Waals surface area contributed by atoms with Gasteiger partial charge in [-0.2, -0.15) is 0 Å². The Morgan fingerprint density at radius 3 is 2.60 bits per heavy atom. The third-order valence-electron chi connectivity index (χ3n) is 3.80. The van der Waals surface area contributed by atoms with Gasteiger partial charge in [0.2, 0.25) is 5.91 Å². The average Bonchev–Trinajstić information content (AvgIpc) is 2.59. The number of fused-ring (bicyclic) bond motifs is 1. The molecule has 0 atom stereocenters. The molecule has 0 bridgehead atoms. The lowest BCUT2D eigenvalue weighted by Crippen LogP contribution is -2.30. The van der Waals surface area contributed by atoms with Gasteiger partial charge >= 0.3 is 0 Å². The quantitative estimate of drug-likeness (QED) is 0.883. The number of benzene rings is 2. The molecular weight excluding hydrogens is 342 g/mol. The maximum absolute atomic E-state index is 12.4. The van der Waals surface area contributed by atoms with E-state index in [0.29, 0.717) is 31.1 Å². The summed E-state index contributed by atoms with van der Waals surface area (Å²) in [5.41, 5.74) is 2.09. The fourth-order valence-corrected chi connectivity index (χ4v) is 3.61. The van der Waals surface area contributed by atoms with E-state index in [9.17, 15) is 13.2 Å². The summed E-state index contributed by atoms with van der Waals surface area (Å²) in [4.78, 5) is 12.0. The van der Waals surface area contributed by atoms with Gasteiger partial charge in [0.05, 0.1) is 4.90 Å². The van der Waals surface area contributed by atoms with Crippen molar-refractivity contribution < 1.29 is 22.7 Å². The van der Waals surface area contributed by atoms with Crippen molar-refractivity contribution in [2.45, 2.75) is 24.7 Å². The van der Waals surface area contributed by atoms with Crippen molar-refractivity contribution in [3.8, 4) is 11.5 Å². The van der Waals surface area contributed by atoms with Gasteiger partial charge in [-0.15, -0.1) is 0 Å². The summed E-state index contributed by atoms with van der Waals surface area (Å²) in [7, 11) is -3.94. The van der Waals surface area contributed by atoms with Crippen molar-refractivity contribution in [1.82, 2.24) is 4.72 Å². The van der Waals surface area contributed by atoms with Gasteiger partial charge < -0.3 is 9.47 Å². The van der Waals surface area contributed by atoms with Gasteiger partial charge in [-0.3, -0.25) is 4.79 Å². The molecule has 0 aliphatic carbocycles. The average molecular weight is 361 g/mol. The topological polar surface area (TPSA) is 81.7 Å². The number of amides is 1. The molecule has 0 saturated heterocycles. The number of carbonyl (C=O) groups excluding carboxylic acids is 1. The number of ether oxygens (including phenoxy) is 2. The normalized spacial score (nSPS) is 13.3. The van der Waals surface area contributed by atoms with Crippen LogP contribution in [-0.4, -0.2) is 27.5 Å². The molecule has 25 heavy (non-hydrogen) atoms. The smallest absolute Gasteiger partial charge is 0.264 e. The van der Waals surface area contributed by atoms with E-state index in [1.54, 1.807) is 0 Å². The summed E-state index contributed by atoms with van der Waals surface area (Å²) < 4.78 is 37.6. The summed E-state index contributed by atoms with van der Waals surface area (Å²) >= 11 is 0. The second kappa shape index (κ2) is 7.14. The van der Waals surface area contributed by atoms with E-state index in [2.05, 4.69) is 4.72 Å². The van der Waals surface area contributed by atoms with Gasteiger partial charge in [-0.25, -0.2) is 13.1 Å². The molecule has 2 aromatic carbocycles. The van der Waals surface area contributed by atoms with Gasteiger partial charge in [-0.05, 0) is 31.0 Å². The lowest BCUT2D eigenvalue weighted by Gasteiger charge is -2.18. The van der Waals surface area contributed by atoms with Crippen molar-refractivity contribution in [3.63, 3.8) is 0 Å². The molecule has 0 unspecified atom stereocenters. The molecule has 0 saturated carbocycles. The molecule has 1 aliphatic rings. The molecule has 1 amide bonds. The summed E-state index contributed by atoms with van der Waals surface area (Å²) in [6.07, 6.45) is 0.567.